The Balaban J connectivity index is 1.72. The summed E-state index contributed by atoms with van der Waals surface area (Å²) < 4.78 is 0. The van der Waals surface area contributed by atoms with E-state index in [1.54, 1.807) is 28.9 Å². The molecule has 0 saturated carbocycles. The smallest absolute Gasteiger partial charge is 0.225 e. The fourth-order valence-electron chi connectivity index (χ4n) is 2.48. The lowest BCUT2D eigenvalue weighted by Gasteiger charge is -2.16. The summed E-state index contributed by atoms with van der Waals surface area (Å²) in [7, 11) is 0. The molecule has 1 unspecified atom stereocenters. The Bertz CT molecular complexity index is 743. The van der Waals surface area contributed by atoms with Gasteiger partial charge in [0.25, 0.3) is 0 Å². The molecule has 2 N–H and O–H groups in total. The van der Waals surface area contributed by atoms with Gasteiger partial charge in [-0.25, -0.2) is 4.98 Å². The molecule has 3 heterocycles. The molecule has 1 atom stereocenters. The highest BCUT2D eigenvalue weighted by Gasteiger charge is 2.20. The third-order valence-corrected chi connectivity index (χ3v) is 5.48. The van der Waals surface area contributed by atoms with E-state index in [1.165, 1.54) is 4.88 Å². The molecule has 0 aliphatic rings. The molecule has 120 valence electrons. The average molecular weight is 346 g/mol. The van der Waals surface area contributed by atoms with Crippen LogP contribution in [0.2, 0.25) is 0 Å². The fourth-order valence-corrected chi connectivity index (χ4v) is 3.92. The zero-order valence-corrected chi connectivity index (χ0v) is 14.6. The van der Waals surface area contributed by atoms with Crippen molar-refractivity contribution in [2.75, 3.05) is 0 Å². The Hall–Kier alpha value is -1.99. The van der Waals surface area contributed by atoms with Crippen molar-refractivity contribution >= 4 is 28.6 Å². The molecule has 0 radical (unpaired) electrons. The number of hydrogen-bond acceptors (Lipinski definition) is 5. The Labute approximate surface area is 142 Å². The number of carbonyl (C=O) groups excluding carboxylic acids is 1. The van der Waals surface area contributed by atoms with Crippen molar-refractivity contribution in [3.8, 4) is 0 Å². The summed E-state index contributed by atoms with van der Waals surface area (Å²) in [5.41, 5.74) is 2.79. The molecule has 0 aromatic carbocycles. The second kappa shape index (κ2) is 7.06. The van der Waals surface area contributed by atoms with Crippen molar-refractivity contribution in [1.82, 2.24) is 20.5 Å². The Morgan fingerprint density at radius 2 is 2.22 bits per heavy atom. The molecule has 23 heavy (non-hydrogen) atoms. The number of carbonyl (C=O) groups is 1. The lowest BCUT2D eigenvalue weighted by atomic mass is 10.1. The van der Waals surface area contributed by atoms with Gasteiger partial charge in [0, 0.05) is 34.1 Å². The Kier molecular flexibility index (Phi) is 4.88. The summed E-state index contributed by atoms with van der Waals surface area (Å²) in [4.78, 5) is 18.1. The summed E-state index contributed by atoms with van der Waals surface area (Å²) in [6, 6.07) is 4.02. The van der Waals surface area contributed by atoms with Gasteiger partial charge in [0.15, 0.2) is 0 Å². The third-order valence-electron chi connectivity index (χ3n) is 3.69. The van der Waals surface area contributed by atoms with Crippen LogP contribution in [0.1, 0.15) is 32.9 Å². The van der Waals surface area contributed by atoms with Crippen molar-refractivity contribution in [1.29, 1.82) is 0 Å². The van der Waals surface area contributed by atoms with Gasteiger partial charge in [-0.15, -0.1) is 22.7 Å². The molecule has 7 heteroatoms. The molecule has 0 aliphatic carbocycles. The molecule has 3 rings (SSSR count). The molecule has 0 bridgehead atoms. The number of hydrogen-bond donors (Lipinski definition) is 2. The topological polar surface area (TPSA) is 70.7 Å². The van der Waals surface area contributed by atoms with E-state index in [1.807, 2.05) is 30.7 Å². The normalized spacial score (nSPS) is 12.3. The summed E-state index contributed by atoms with van der Waals surface area (Å²) in [5, 5.41) is 15.1. The van der Waals surface area contributed by atoms with Gasteiger partial charge >= 0.3 is 0 Å². The van der Waals surface area contributed by atoms with Gasteiger partial charge in [0.05, 0.1) is 18.2 Å². The highest BCUT2D eigenvalue weighted by atomic mass is 32.1. The zero-order valence-electron chi connectivity index (χ0n) is 13.0. The standard InChI is InChI=1S/C16H18N4OS2/c1-10-13(11(2)20-19-10)9-15(21)18-14(16-17-5-7-23-16)8-12-4-3-6-22-12/h3-7,14H,8-9H2,1-2H3,(H,18,21)(H,19,20). The first-order chi connectivity index (χ1) is 11.1. The molecule has 1 amide bonds. The Morgan fingerprint density at radius 3 is 2.83 bits per heavy atom. The van der Waals surface area contributed by atoms with E-state index < -0.39 is 0 Å². The lowest BCUT2D eigenvalue weighted by molar-refractivity contribution is -0.121. The van der Waals surface area contributed by atoms with Crippen LogP contribution in [0.3, 0.4) is 0 Å². The molecule has 3 aromatic heterocycles. The maximum absolute atomic E-state index is 12.5. The van der Waals surface area contributed by atoms with Crippen molar-refractivity contribution in [3.05, 3.63) is 55.9 Å². The van der Waals surface area contributed by atoms with E-state index in [4.69, 9.17) is 0 Å². The number of thiazole rings is 1. The maximum atomic E-state index is 12.5. The van der Waals surface area contributed by atoms with Gasteiger partial charge < -0.3 is 5.32 Å². The van der Waals surface area contributed by atoms with Crippen LogP contribution in [0.4, 0.5) is 0 Å². The van der Waals surface area contributed by atoms with E-state index in [2.05, 4.69) is 26.6 Å². The molecule has 0 fully saturated rings. The van der Waals surface area contributed by atoms with Crippen molar-refractivity contribution < 1.29 is 4.79 Å². The van der Waals surface area contributed by atoms with Crippen molar-refractivity contribution in [3.63, 3.8) is 0 Å². The minimum Gasteiger partial charge on any atom is -0.346 e. The number of thiophene rings is 1. The maximum Gasteiger partial charge on any atom is 0.225 e. The van der Waals surface area contributed by atoms with Crippen LogP contribution in [-0.2, 0) is 17.6 Å². The summed E-state index contributed by atoms with van der Waals surface area (Å²) in [6.07, 6.45) is 2.87. The number of H-pyrrole nitrogens is 1. The summed E-state index contributed by atoms with van der Waals surface area (Å²) in [5.74, 6) is -0.00523. The van der Waals surface area contributed by atoms with Gasteiger partial charge in [0.2, 0.25) is 5.91 Å². The molecule has 0 aliphatic heterocycles. The van der Waals surface area contributed by atoms with Crippen LogP contribution < -0.4 is 5.32 Å². The van der Waals surface area contributed by atoms with E-state index in [-0.39, 0.29) is 11.9 Å². The molecular weight excluding hydrogens is 328 g/mol. The first-order valence-corrected chi connectivity index (χ1v) is 9.11. The number of aromatic nitrogens is 3. The largest absolute Gasteiger partial charge is 0.346 e. The van der Waals surface area contributed by atoms with Crippen LogP contribution in [0.25, 0.3) is 0 Å². The van der Waals surface area contributed by atoms with Gasteiger partial charge in [-0.2, -0.15) is 5.10 Å². The van der Waals surface area contributed by atoms with Crippen LogP contribution in [0, 0.1) is 13.8 Å². The number of aryl methyl sites for hydroxylation is 2. The third kappa shape index (κ3) is 3.86. The van der Waals surface area contributed by atoms with Gasteiger partial charge in [0.1, 0.15) is 5.01 Å². The van der Waals surface area contributed by atoms with Crippen molar-refractivity contribution in [2.24, 2.45) is 0 Å². The zero-order chi connectivity index (χ0) is 16.2. The first kappa shape index (κ1) is 15.9. The number of nitrogens with zero attached hydrogens (tertiary/aromatic N) is 2. The Morgan fingerprint density at radius 1 is 1.35 bits per heavy atom. The molecule has 5 nitrogen and oxygen atoms in total. The van der Waals surface area contributed by atoms with E-state index >= 15 is 0 Å². The number of aromatic amines is 1. The fraction of sp³-hybridized carbons (Fsp3) is 0.312. The van der Waals surface area contributed by atoms with E-state index in [0.29, 0.717) is 6.42 Å². The van der Waals surface area contributed by atoms with Crippen LogP contribution >= 0.6 is 22.7 Å². The monoisotopic (exact) mass is 346 g/mol. The highest BCUT2D eigenvalue weighted by Crippen LogP contribution is 2.23. The lowest BCUT2D eigenvalue weighted by Crippen LogP contribution is -2.31. The molecule has 0 saturated heterocycles. The molecular formula is C16H18N4OS2. The van der Waals surface area contributed by atoms with Crippen molar-refractivity contribution in [2.45, 2.75) is 32.7 Å². The SMILES string of the molecule is Cc1n[nH]c(C)c1CC(=O)NC(Cc1cccs1)c1nccs1. The number of rotatable bonds is 6. The predicted octanol–water partition coefficient (Wildman–Crippen LogP) is 3.19. The quantitative estimate of drug-likeness (QED) is 0.720. The summed E-state index contributed by atoms with van der Waals surface area (Å²) >= 11 is 3.27. The number of amides is 1. The minimum absolute atomic E-state index is 0.00523. The predicted molar refractivity (Wildman–Crippen MR) is 92.8 cm³/mol. The first-order valence-electron chi connectivity index (χ1n) is 7.35. The van der Waals surface area contributed by atoms with Gasteiger partial charge in [-0.05, 0) is 25.3 Å². The average Bonchev–Trinajstić information content (AvgIpc) is 3.25. The van der Waals surface area contributed by atoms with Gasteiger partial charge in [-0.1, -0.05) is 6.07 Å². The molecule has 0 spiro atoms. The second-order valence-corrected chi connectivity index (χ2v) is 7.32. The number of nitrogens with one attached hydrogen (secondary N) is 2. The molecule has 3 aromatic rings. The van der Waals surface area contributed by atoms with Crippen LogP contribution in [0.5, 0.6) is 0 Å². The summed E-state index contributed by atoms with van der Waals surface area (Å²) in [6.45, 7) is 3.85. The van der Waals surface area contributed by atoms with Gasteiger partial charge in [-0.3, -0.25) is 9.89 Å². The van der Waals surface area contributed by atoms with E-state index in [9.17, 15) is 4.79 Å². The second-order valence-electron chi connectivity index (χ2n) is 5.36. The highest BCUT2D eigenvalue weighted by molar-refractivity contribution is 7.10. The van der Waals surface area contributed by atoms with Crippen LogP contribution in [0.15, 0.2) is 29.1 Å². The minimum atomic E-state index is -0.0892. The van der Waals surface area contributed by atoms with Crippen LogP contribution in [-0.4, -0.2) is 21.1 Å². The van der Waals surface area contributed by atoms with E-state index in [0.717, 1.165) is 28.4 Å².